The Hall–Kier alpha value is -3.85. The van der Waals surface area contributed by atoms with E-state index < -0.39 is 21.3 Å². The van der Waals surface area contributed by atoms with Crippen LogP contribution in [0.25, 0.3) is 11.1 Å². The first-order valence-electron chi connectivity index (χ1n) is 11.7. The fraction of sp³-hybridized carbons (Fsp3) is 0.286. The third-order valence-corrected chi connectivity index (χ3v) is 8.13. The van der Waals surface area contributed by atoms with Crippen LogP contribution in [0.5, 0.6) is 17.2 Å². The third-order valence-electron chi connectivity index (χ3n) is 6.41. The number of hydrogen-bond donors (Lipinski definition) is 1. The number of carbonyl (C=O) groups is 1. The molecule has 1 atom stereocenters. The zero-order valence-corrected chi connectivity index (χ0v) is 22.0. The molecule has 1 aliphatic carbocycles. The molecule has 0 aliphatic heterocycles. The molecule has 0 saturated carbocycles. The highest BCUT2D eigenvalue weighted by atomic mass is 32.2. The van der Waals surface area contributed by atoms with Crippen molar-refractivity contribution in [2.45, 2.75) is 36.5 Å². The van der Waals surface area contributed by atoms with E-state index in [1.807, 2.05) is 6.07 Å². The summed E-state index contributed by atoms with van der Waals surface area (Å²) in [6.07, 6.45) is 1.02. The molecule has 194 valence electrons. The number of sulfone groups is 1. The smallest absolute Gasteiger partial charge is 0.217 e. The summed E-state index contributed by atoms with van der Waals surface area (Å²) in [4.78, 5) is 25.2. The van der Waals surface area contributed by atoms with Crippen LogP contribution in [0.2, 0.25) is 0 Å². The van der Waals surface area contributed by atoms with Gasteiger partial charge in [0.25, 0.3) is 0 Å². The van der Waals surface area contributed by atoms with Crippen LogP contribution in [0, 0.1) is 0 Å². The molecule has 3 aromatic rings. The molecule has 1 aliphatic rings. The fourth-order valence-electron chi connectivity index (χ4n) is 4.82. The van der Waals surface area contributed by atoms with Gasteiger partial charge < -0.3 is 19.5 Å². The Morgan fingerprint density at radius 3 is 2.30 bits per heavy atom. The molecule has 0 fully saturated rings. The molecule has 9 heteroatoms. The maximum absolute atomic E-state index is 13.4. The molecular formula is C28H29NO7S. The quantitative estimate of drug-likeness (QED) is 0.501. The molecule has 4 rings (SSSR count). The van der Waals surface area contributed by atoms with Gasteiger partial charge in [0.05, 0.1) is 33.1 Å². The van der Waals surface area contributed by atoms with Crippen LogP contribution in [-0.4, -0.2) is 35.7 Å². The average Bonchev–Trinajstić information content (AvgIpc) is 3.12. The van der Waals surface area contributed by atoms with E-state index in [0.717, 1.165) is 5.56 Å². The van der Waals surface area contributed by atoms with E-state index in [2.05, 4.69) is 5.32 Å². The summed E-state index contributed by atoms with van der Waals surface area (Å²) < 4.78 is 43.5. The summed E-state index contributed by atoms with van der Waals surface area (Å²) in [6.45, 7) is 1.40. The lowest BCUT2D eigenvalue weighted by molar-refractivity contribution is -0.119. The second-order valence-electron chi connectivity index (χ2n) is 8.79. The van der Waals surface area contributed by atoms with Gasteiger partial charge in [-0.05, 0) is 53.3 Å². The Bertz CT molecular complexity index is 1500. The first-order chi connectivity index (χ1) is 17.7. The Morgan fingerprint density at radius 2 is 1.68 bits per heavy atom. The maximum atomic E-state index is 13.4. The Morgan fingerprint density at radius 1 is 0.973 bits per heavy atom. The highest BCUT2D eigenvalue weighted by molar-refractivity contribution is 7.90. The molecule has 0 aromatic heterocycles. The number of rotatable bonds is 7. The number of aryl methyl sites for hydroxylation is 1. The molecule has 1 amide bonds. The van der Waals surface area contributed by atoms with E-state index in [1.165, 1.54) is 40.4 Å². The van der Waals surface area contributed by atoms with E-state index >= 15 is 0 Å². The van der Waals surface area contributed by atoms with Gasteiger partial charge in [-0.1, -0.05) is 36.4 Å². The predicted octanol–water partition coefficient (Wildman–Crippen LogP) is 3.84. The summed E-state index contributed by atoms with van der Waals surface area (Å²) in [5.41, 5.74) is 2.53. The molecular weight excluding hydrogens is 494 g/mol. The van der Waals surface area contributed by atoms with Crippen LogP contribution in [-0.2, 0) is 26.8 Å². The molecule has 0 bridgehead atoms. The summed E-state index contributed by atoms with van der Waals surface area (Å²) >= 11 is 0. The van der Waals surface area contributed by atoms with Gasteiger partial charge in [0.1, 0.15) is 4.90 Å². The van der Waals surface area contributed by atoms with Crippen molar-refractivity contribution in [1.82, 2.24) is 5.32 Å². The summed E-state index contributed by atoms with van der Waals surface area (Å²) in [5.74, 6) is 0.679. The van der Waals surface area contributed by atoms with Gasteiger partial charge in [-0.25, -0.2) is 8.42 Å². The van der Waals surface area contributed by atoms with Crippen molar-refractivity contribution in [3.8, 4) is 28.4 Å². The van der Waals surface area contributed by atoms with Crippen LogP contribution in [0.4, 0.5) is 0 Å². The normalized spacial score (nSPS) is 14.5. The summed E-state index contributed by atoms with van der Waals surface area (Å²) in [5, 5.41) is 2.92. The Labute approximate surface area is 216 Å². The van der Waals surface area contributed by atoms with Crippen molar-refractivity contribution in [2.24, 2.45) is 0 Å². The zero-order chi connectivity index (χ0) is 26.7. The largest absolute Gasteiger partial charge is 0.493 e. The molecule has 1 unspecified atom stereocenters. The number of amides is 1. The van der Waals surface area contributed by atoms with E-state index in [-0.39, 0.29) is 16.6 Å². The molecule has 3 aromatic carbocycles. The molecule has 8 nitrogen and oxygen atoms in total. The minimum atomic E-state index is -3.96. The van der Waals surface area contributed by atoms with Crippen molar-refractivity contribution < 1.29 is 27.4 Å². The standard InChI is InChI=1S/C28H29NO7S/c1-17(30)29-22-12-10-19-14-24(34-2)27(35-3)28(36-4)26(19)20-11-13-25(23(31)15-21(20)22)37(32,33)16-18-8-6-5-7-9-18/h5-9,11,13-15,22H,10,12,16H2,1-4H3,(H,29,30). The first-order valence-corrected chi connectivity index (χ1v) is 13.4. The monoisotopic (exact) mass is 523 g/mol. The lowest BCUT2D eigenvalue weighted by Crippen LogP contribution is -2.26. The maximum Gasteiger partial charge on any atom is 0.217 e. The highest BCUT2D eigenvalue weighted by Crippen LogP contribution is 2.50. The van der Waals surface area contributed by atoms with Gasteiger partial charge >= 0.3 is 0 Å². The second-order valence-corrected chi connectivity index (χ2v) is 10.7. The van der Waals surface area contributed by atoms with E-state index in [4.69, 9.17) is 14.2 Å². The van der Waals surface area contributed by atoms with Crippen molar-refractivity contribution in [3.05, 3.63) is 81.5 Å². The topological polar surface area (TPSA) is 108 Å². The third kappa shape index (κ3) is 5.17. The first kappa shape index (κ1) is 26.2. The number of carbonyl (C=O) groups excluding carboxylic acids is 1. The number of nitrogens with one attached hydrogen (secondary N) is 1. The van der Waals surface area contributed by atoms with Gasteiger partial charge in [-0.2, -0.15) is 0 Å². The lowest BCUT2D eigenvalue weighted by atomic mass is 9.95. The number of hydrogen-bond acceptors (Lipinski definition) is 7. The van der Waals surface area contributed by atoms with Crippen LogP contribution < -0.4 is 25.0 Å². The van der Waals surface area contributed by atoms with Crippen molar-refractivity contribution >= 4 is 15.7 Å². The molecule has 1 N–H and O–H groups in total. The number of ether oxygens (including phenoxy) is 3. The molecule has 37 heavy (non-hydrogen) atoms. The van der Waals surface area contributed by atoms with Crippen LogP contribution >= 0.6 is 0 Å². The number of fused-ring (bicyclic) bond motifs is 3. The van der Waals surface area contributed by atoms with Gasteiger partial charge in [-0.3, -0.25) is 9.59 Å². The Kier molecular flexibility index (Phi) is 7.54. The molecule has 0 radical (unpaired) electrons. The Balaban J connectivity index is 2.01. The highest BCUT2D eigenvalue weighted by Gasteiger charge is 2.30. The van der Waals surface area contributed by atoms with Crippen molar-refractivity contribution in [1.29, 1.82) is 0 Å². The number of methoxy groups -OCH3 is 3. The lowest BCUT2D eigenvalue weighted by Gasteiger charge is -2.19. The minimum absolute atomic E-state index is 0.264. The average molecular weight is 524 g/mol. The van der Waals surface area contributed by atoms with Gasteiger partial charge in [0.2, 0.25) is 11.7 Å². The molecule has 0 heterocycles. The van der Waals surface area contributed by atoms with Gasteiger partial charge in [0, 0.05) is 12.5 Å². The van der Waals surface area contributed by atoms with Crippen LogP contribution in [0.1, 0.15) is 36.1 Å². The fourth-order valence-corrected chi connectivity index (χ4v) is 6.25. The van der Waals surface area contributed by atoms with Crippen molar-refractivity contribution in [3.63, 3.8) is 0 Å². The van der Waals surface area contributed by atoms with E-state index in [0.29, 0.717) is 52.3 Å². The predicted molar refractivity (Wildman–Crippen MR) is 140 cm³/mol. The summed E-state index contributed by atoms with van der Waals surface area (Å²) in [7, 11) is 0.576. The molecule has 0 spiro atoms. The molecule has 0 saturated heterocycles. The van der Waals surface area contributed by atoms with Crippen molar-refractivity contribution in [2.75, 3.05) is 21.3 Å². The second kappa shape index (κ2) is 10.6. The number of benzene rings is 2. The van der Waals surface area contributed by atoms with Gasteiger partial charge in [-0.15, -0.1) is 0 Å². The minimum Gasteiger partial charge on any atom is -0.493 e. The van der Waals surface area contributed by atoms with Crippen LogP contribution in [0.3, 0.4) is 0 Å². The zero-order valence-electron chi connectivity index (χ0n) is 21.2. The van der Waals surface area contributed by atoms with Gasteiger partial charge in [0.15, 0.2) is 26.8 Å². The summed E-state index contributed by atoms with van der Waals surface area (Å²) in [6, 6.07) is 14.3. The SMILES string of the molecule is COc1cc2c(c(OC)c1OC)-c1ccc(S(=O)(=O)Cc3ccccc3)c(=O)cc1C(NC(C)=O)CC2. The van der Waals surface area contributed by atoms with E-state index in [9.17, 15) is 18.0 Å². The van der Waals surface area contributed by atoms with E-state index in [1.54, 1.807) is 36.4 Å². The van der Waals surface area contributed by atoms with Crippen LogP contribution in [0.15, 0.2) is 64.3 Å².